The molecule has 0 radical (unpaired) electrons. The van der Waals surface area contributed by atoms with Crippen LogP contribution in [0.4, 0.5) is 5.69 Å². The molecule has 152 valence electrons. The van der Waals surface area contributed by atoms with E-state index < -0.39 is 6.10 Å². The highest BCUT2D eigenvalue weighted by Crippen LogP contribution is 2.29. The first-order valence-corrected chi connectivity index (χ1v) is 9.85. The second kappa shape index (κ2) is 10.0. The zero-order valence-corrected chi connectivity index (χ0v) is 16.6. The molecule has 1 aliphatic heterocycles. The summed E-state index contributed by atoms with van der Waals surface area (Å²) in [6.07, 6.45) is 2.96. The van der Waals surface area contributed by atoms with Crippen molar-refractivity contribution in [3.8, 4) is 5.75 Å². The maximum Gasteiger partial charge on any atom is 0.191 e. The lowest BCUT2D eigenvalue weighted by atomic mass is 10.0. The minimum absolute atomic E-state index is 0.242. The van der Waals surface area contributed by atoms with Crippen molar-refractivity contribution in [2.45, 2.75) is 31.9 Å². The second-order valence-electron chi connectivity index (χ2n) is 6.85. The third-order valence-electron chi connectivity index (χ3n) is 4.83. The van der Waals surface area contributed by atoms with Crippen LogP contribution in [0.3, 0.4) is 0 Å². The Kier molecular flexibility index (Phi) is 7.19. The monoisotopic (exact) mass is 386 g/mol. The van der Waals surface area contributed by atoms with Crippen molar-refractivity contribution < 1.29 is 14.3 Å². The highest BCUT2D eigenvalue weighted by Gasteiger charge is 2.23. The van der Waals surface area contributed by atoms with Gasteiger partial charge in [0.05, 0.1) is 25.6 Å². The number of aliphatic imine (C=N–C) groups is 1. The largest absolute Gasteiger partial charge is 0.495 e. The maximum absolute atomic E-state index is 10.2. The molecule has 3 rings (SSSR count). The Labute approximate surface area is 166 Å². The van der Waals surface area contributed by atoms with Crippen molar-refractivity contribution >= 4 is 11.6 Å². The lowest BCUT2D eigenvalue weighted by Crippen LogP contribution is -2.51. The van der Waals surface area contributed by atoms with Gasteiger partial charge in [0.25, 0.3) is 0 Å². The molecular weight excluding hydrogens is 356 g/mol. The van der Waals surface area contributed by atoms with Crippen molar-refractivity contribution in [1.82, 2.24) is 10.6 Å². The number of para-hydroxylation sites is 2. The van der Waals surface area contributed by atoms with E-state index in [-0.39, 0.29) is 12.6 Å². The van der Waals surface area contributed by atoms with E-state index in [1.807, 2.05) is 25.1 Å². The summed E-state index contributed by atoms with van der Waals surface area (Å²) in [5, 5.41) is 17.0. The number of anilines is 1. The van der Waals surface area contributed by atoms with E-state index in [0.717, 1.165) is 43.9 Å². The maximum atomic E-state index is 10.2. The number of benzene rings is 1. The minimum atomic E-state index is -0.748. The number of guanidine groups is 1. The summed E-state index contributed by atoms with van der Waals surface area (Å²) in [7, 11) is 1.71. The van der Waals surface area contributed by atoms with Gasteiger partial charge in [0.1, 0.15) is 17.6 Å². The third kappa shape index (κ3) is 5.19. The molecule has 2 heterocycles. The number of nitrogens with zero attached hydrogens (tertiary/aromatic N) is 2. The zero-order valence-electron chi connectivity index (χ0n) is 16.6. The minimum Gasteiger partial charge on any atom is -0.495 e. The van der Waals surface area contributed by atoms with E-state index in [0.29, 0.717) is 11.7 Å². The van der Waals surface area contributed by atoms with E-state index >= 15 is 0 Å². The van der Waals surface area contributed by atoms with Crippen molar-refractivity contribution in [2.75, 3.05) is 38.2 Å². The average Bonchev–Trinajstić information content (AvgIpc) is 3.27. The van der Waals surface area contributed by atoms with Crippen LogP contribution in [0.2, 0.25) is 0 Å². The molecular formula is C21H30N4O3. The van der Waals surface area contributed by atoms with Crippen LogP contribution in [0.1, 0.15) is 31.6 Å². The van der Waals surface area contributed by atoms with Gasteiger partial charge in [-0.15, -0.1) is 0 Å². The molecule has 3 N–H and O–H groups in total. The molecule has 0 amide bonds. The van der Waals surface area contributed by atoms with Gasteiger partial charge in [-0.3, -0.25) is 4.99 Å². The summed E-state index contributed by atoms with van der Waals surface area (Å²) in [6.45, 7) is 4.90. The number of aliphatic hydroxyl groups is 1. The molecule has 0 aliphatic carbocycles. The third-order valence-corrected chi connectivity index (χ3v) is 4.83. The van der Waals surface area contributed by atoms with Crippen LogP contribution in [0.25, 0.3) is 0 Å². The van der Waals surface area contributed by atoms with Crippen molar-refractivity contribution in [3.05, 3.63) is 48.4 Å². The van der Waals surface area contributed by atoms with Gasteiger partial charge in [-0.2, -0.15) is 0 Å². The van der Waals surface area contributed by atoms with E-state index in [9.17, 15) is 5.11 Å². The molecule has 7 heteroatoms. The Balaban J connectivity index is 1.63. The molecule has 2 atom stereocenters. The number of furan rings is 1. The summed E-state index contributed by atoms with van der Waals surface area (Å²) in [5.41, 5.74) is 1.12. The number of ether oxygens (including phenoxy) is 1. The fourth-order valence-corrected chi connectivity index (χ4v) is 3.47. The molecule has 1 saturated heterocycles. The van der Waals surface area contributed by atoms with Crippen LogP contribution in [0, 0.1) is 0 Å². The predicted molar refractivity (Wildman–Crippen MR) is 111 cm³/mol. The normalized spacial score (nSPS) is 18.6. The Morgan fingerprint density at radius 3 is 2.96 bits per heavy atom. The first kappa shape index (κ1) is 20.1. The lowest BCUT2D eigenvalue weighted by molar-refractivity contribution is 0.158. The summed E-state index contributed by atoms with van der Waals surface area (Å²) in [4.78, 5) is 6.88. The predicted octanol–water partition coefficient (Wildman–Crippen LogP) is 2.55. The number of piperidine rings is 1. The van der Waals surface area contributed by atoms with Crippen LogP contribution in [-0.2, 0) is 0 Å². The van der Waals surface area contributed by atoms with Gasteiger partial charge in [0, 0.05) is 25.7 Å². The Morgan fingerprint density at radius 2 is 2.21 bits per heavy atom. The van der Waals surface area contributed by atoms with Gasteiger partial charge in [0.15, 0.2) is 5.96 Å². The smallest absolute Gasteiger partial charge is 0.191 e. The van der Waals surface area contributed by atoms with E-state index in [1.165, 1.54) is 0 Å². The molecule has 1 fully saturated rings. The number of nitrogens with one attached hydrogen (secondary N) is 2. The number of rotatable bonds is 7. The quantitative estimate of drug-likeness (QED) is 0.501. The lowest BCUT2D eigenvalue weighted by Gasteiger charge is -2.36. The Bertz CT molecular complexity index is 748. The number of methoxy groups -OCH3 is 1. The van der Waals surface area contributed by atoms with E-state index in [2.05, 4.69) is 26.6 Å². The van der Waals surface area contributed by atoms with Gasteiger partial charge in [0.2, 0.25) is 0 Å². The Hall–Kier alpha value is -2.67. The van der Waals surface area contributed by atoms with Crippen LogP contribution in [0.15, 0.2) is 52.1 Å². The number of aliphatic hydroxyl groups excluding tert-OH is 1. The summed E-state index contributed by atoms with van der Waals surface area (Å²) in [5.74, 6) is 2.13. The van der Waals surface area contributed by atoms with Crippen LogP contribution in [-0.4, -0.2) is 50.4 Å². The number of hydrogen-bond donors (Lipinski definition) is 3. The highest BCUT2D eigenvalue weighted by molar-refractivity contribution is 5.80. The molecule has 2 unspecified atom stereocenters. The fraction of sp³-hybridized carbons (Fsp3) is 0.476. The summed E-state index contributed by atoms with van der Waals surface area (Å²) in [6, 6.07) is 11.9. The first-order valence-electron chi connectivity index (χ1n) is 9.85. The molecule has 1 aromatic carbocycles. The molecule has 1 aromatic heterocycles. The second-order valence-corrected chi connectivity index (χ2v) is 6.85. The molecule has 7 nitrogen and oxygen atoms in total. The first-order chi connectivity index (χ1) is 13.7. The molecule has 28 heavy (non-hydrogen) atoms. The topological polar surface area (TPSA) is 82.3 Å². The van der Waals surface area contributed by atoms with Gasteiger partial charge in [-0.1, -0.05) is 12.1 Å². The van der Waals surface area contributed by atoms with Gasteiger partial charge < -0.3 is 29.8 Å². The molecule has 1 aliphatic rings. The summed E-state index contributed by atoms with van der Waals surface area (Å²) < 4.78 is 10.8. The number of hydrogen-bond acceptors (Lipinski definition) is 5. The molecule has 0 saturated carbocycles. The fourth-order valence-electron chi connectivity index (χ4n) is 3.47. The molecule has 2 aromatic rings. The van der Waals surface area contributed by atoms with Crippen molar-refractivity contribution in [3.63, 3.8) is 0 Å². The van der Waals surface area contributed by atoms with Crippen molar-refractivity contribution in [1.29, 1.82) is 0 Å². The van der Waals surface area contributed by atoms with Crippen LogP contribution >= 0.6 is 0 Å². The van der Waals surface area contributed by atoms with E-state index in [4.69, 9.17) is 9.15 Å². The standard InChI is InChI=1S/C21H30N4O3/c1-3-22-21(23-14-18(26)20-11-7-13-28-20)24-16-8-6-12-25(15-16)17-9-4-5-10-19(17)27-2/h4-5,7,9-11,13,16,18,26H,3,6,8,12,14-15H2,1-2H3,(H2,22,23,24). The Morgan fingerprint density at radius 1 is 1.36 bits per heavy atom. The zero-order chi connectivity index (χ0) is 19.8. The summed E-state index contributed by atoms with van der Waals surface area (Å²) >= 11 is 0. The van der Waals surface area contributed by atoms with Gasteiger partial charge >= 0.3 is 0 Å². The van der Waals surface area contributed by atoms with Crippen molar-refractivity contribution in [2.24, 2.45) is 4.99 Å². The molecule has 0 bridgehead atoms. The average molecular weight is 386 g/mol. The SMILES string of the molecule is CCNC(=NCC(O)c1ccco1)NC1CCCN(c2ccccc2OC)C1. The van der Waals surface area contributed by atoms with E-state index in [1.54, 1.807) is 25.5 Å². The molecule has 0 spiro atoms. The van der Waals surface area contributed by atoms with Crippen LogP contribution < -0.4 is 20.3 Å². The highest BCUT2D eigenvalue weighted by atomic mass is 16.5. The van der Waals surface area contributed by atoms with Crippen LogP contribution in [0.5, 0.6) is 5.75 Å². The van der Waals surface area contributed by atoms with Gasteiger partial charge in [-0.05, 0) is 44.0 Å². The van der Waals surface area contributed by atoms with Gasteiger partial charge in [-0.25, -0.2) is 0 Å².